The molecular weight excluding hydrogens is 394 g/mol. The number of aromatic nitrogens is 3. The lowest BCUT2D eigenvalue weighted by Crippen LogP contribution is -2.00. The molecule has 0 aliphatic heterocycles. The first kappa shape index (κ1) is 18.5. The van der Waals surface area contributed by atoms with Crippen molar-refractivity contribution >= 4 is 23.1 Å². The van der Waals surface area contributed by atoms with E-state index in [-0.39, 0.29) is 0 Å². The van der Waals surface area contributed by atoms with Crippen LogP contribution in [0.4, 0.5) is 0 Å². The van der Waals surface area contributed by atoms with E-state index >= 15 is 0 Å². The van der Waals surface area contributed by atoms with Crippen molar-refractivity contribution < 1.29 is 0 Å². The largest absolute Gasteiger partial charge is 0.245 e. The van der Waals surface area contributed by atoms with Crippen LogP contribution < -0.4 is 0 Å². The number of rotatable bonds is 6. The average molecular weight is 416 g/mol. The van der Waals surface area contributed by atoms with Crippen LogP contribution in [-0.2, 0) is 25.0 Å². The molecule has 0 N–H and O–H groups in total. The van der Waals surface area contributed by atoms with Gasteiger partial charge in [0, 0.05) is 34.4 Å². The normalized spacial score (nSPS) is 12.8. The zero-order valence-corrected chi connectivity index (χ0v) is 17.7. The average Bonchev–Trinajstić information content (AvgIpc) is 3.43. The van der Waals surface area contributed by atoms with E-state index in [0.29, 0.717) is 0 Å². The number of thioether (sulfide) groups is 1. The fourth-order valence-electron chi connectivity index (χ4n) is 3.64. The summed E-state index contributed by atoms with van der Waals surface area (Å²) in [6.45, 7) is 0. The van der Waals surface area contributed by atoms with Crippen molar-refractivity contribution in [1.82, 2.24) is 15.0 Å². The van der Waals surface area contributed by atoms with E-state index in [9.17, 15) is 0 Å². The summed E-state index contributed by atoms with van der Waals surface area (Å²) < 4.78 is 0. The molecule has 3 nitrogen and oxygen atoms in total. The maximum Gasteiger partial charge on any atom is 0.160 e. The smallest absolute Gasteiger partial charge is 0.160 e. The van der Waals surface area contributed by atoms with Crippen molar-refractivity contribution in [3.05, 3.63) is 93.6 Å². The molecule has 5 rings (SSSR count). The van der Waals surface area contributed by atoms with Gasteiger partial charge in [-0.2, -0.15) is 0 Å². The highest BCUT2D eigenvalue weighted by molar-refractivity contribution is 7.98. The number of aryl methyl sites for hydroxylation is 1. The first-order valence-electron chi connectivity index (χ1n) is 9.90. The third-order valence-electron chi connectivity index (χ3n) is 5.08. The van der Waals surface area contributed by atoms with Crippen LogP contribution >= 0.6 is 23.1 Å². The van der Waals surface area contributed by atoms with Crippen molar-refractivity contribution in [2.45, 2.75) is 36.5 Å². The molecule has 0 atom stereocenters. The van der Waals surface area contributed by atoms with Gasteiger partial charge in [-0.15, -0.1) is 11.3 Å². The van der Waals surface area contributed by atoms with Gasteiger partial charge in [-0.3, -0.25) is 0 Å². The molecule has 144 valence electrons. The van der Waals surface area contributed by atoms with Gasteiger partial charge in [-0.1, -0.05) is 72.4 Å². The van der Waals surface area contributed by atoms with Crippen LogP contribution in [0.3, 0.4) is 0 Å². The van der Waals surface area contributed by atoms with Crippen molar-refractivity contribution in [2.75, 3.05) is 0 Å². The summed E-state index contributed by atoms with van der Waals surface area (Å²) in [5.41, 5.74) is 6.10. The molecule has 0 unspecified atom stereocenters. The van der Waals surface area contributed by atoms with Crippen molar-refractivity contribution in [3.63, 3.8) is 0 Å². The van der Waals surface area contributed by atoms with E-state index < -0.39 is 0 Å². The quantitative estimate of drug-likeness (QED) is 0.287. The SMILES string of the molecule is c1ccc(Cc2nc(CSc3nc(-c4ccccc4)nc4c3CCC4)cs2)cc1. The summed E-state index contributed by atoms with van der Waals surface area (Å²) in [5.74, 6) is 1.69. The van der Waals surface area contributed by atoms with Gasteiger partial charge < -0.3 is 0 Å². The molecule has 0 bridgehead atoms. The van der Waals surface area contributed by atoms with Crippen LogP contribution in [0, 0.1) is 0 Å². The van der Waals surface area contributed by atoms with E-state index in [1.54, 1.807) is 23.1 Å². The predicted octanol–water partition coefficient (Wildman–Crippen LogP) is 5.97. The van der Waals surface area contributed by atoms with Gasteiger partial charge in [0.25, 0.3) is 0 Å². The zero-order valence-electron chi connectivity index (χ0n) is 16.0. The van der Waals surface area contributed by atoms with Crippen molar-refractivity contribution in [1.29, 1.82) is 0 Å². The Morgan fingerprint density at radius 3 is 2.48 bits per heavy atom. The summed E-state index contributed by atoms with van der Waals surface area (Å²) in [6.07, 6.45) is 4.22. The lowest BCUT2D eigenvalue weighted by molar-refractivity contribution is 0.896. The zero-order chi connectivity index (χ0) is 19.5. The fourth-order valence-corrected chi connectivity index (χ4v) is 5.55. The minimum absolute atomic E-state index is 0.844. The Labute approximate surface area is 179 Å². The lowest BCUT2D eigenvalue weighted by atomic mass is 10.2. The predicted molar refractivity (Wildman–Crippen MR) is 120 cm³/mol. The maximum absolute atomic E-state index is 4.93. The molecule has 0 spiro atoms. The van der Waals surface area contributed by atoms with Gasteiger partial charge in [0.05, 0.1) is 10.7 Å². The number of hydrogen-bond acceptors (Lipinski definition) is 5. The molecule has 2 aromatic heterocycles. The molecule has 0 saturated carbocycles. The third-order valence-corrected chi connectivity index (χ3v) is 7.03. The Balaban J connectivity index is 1.34. The van der Waals surface area contributed by atoms with E-state index in [1.807, 2.05) is 18.2 Å². The highest BCUT2D eigenvalue weighted by Gasteiger charge is 2.20. The Morgan fingerprint density at radius 1 is 0.862 bits per heavy atom. The molecule has 2 aromatic carbocycles. The number of hydrogen-bond donors (Lipinski definition) is 0. The third kappa shape index (κ3) is 4.26. The summed E-state index contributed by atoms with van der Waals surface area (Å²) in [5, 5.41) is 4.48. The minimum atomic E-state index is 0.844. The monoisotopic (exact) mass is 415 g/mol. The van der Waals surface area contributed by atoms with Gasteiger partial charge in [0.2, 0.25) is 0 Å². The molecule has 4 aromatic rings. The molecule has 0 fully saturated rings. The topological polar surface area (TPSA) is 38.7 Å². The summed E-state index contributed by atoms with van der Waals surface area (Å²) in [6, 6.07) is 20.8. The lowest BCUT2D eigenvalue weighted by Gasteiger charge is -2.09. The van der Waals surface area contributed by atoms with Crippen LogP contribution in [0.2, 0.25) is 0 Å². The van der Waals surface area contributed by atoms with E-state index in [2.05, 4.69) is 47.8 Å². The van der Waals surface area contributed by atoms with Gasteiger partial charge in [-0.05, 0) is 24.8 Å². The maximum atomic E-state index is 4.93. The van der Waals surface area contributed by atoms with Gasteiger partial charge in [-0.25, -0.2) is 15.0 Å². The highest BCUT2D eigenvalue weighted by atomic mass is 32.2. The molecule has 5 heteroatoms. The summed E-state index contributed by atoms with van der Waals surface area (Å²) >= 11 is 3.55. The van der Waals surface area contributed by atoms with Gasteiger partial charge in [0.1, 0.15) is 5.03 Å². The molecule has 1 aliphatic rings. The van der Waals surface area contributed by atoms with Gasteiger partial charge >= 0.3 is 0 Å². The molecule has 2 heterocycles. The summed E-state index contributed by atoms with van der Waals surface area (Å²) in [4.78, 5) is 14.6. The molecule has 1 aliphatic carbocycles. The molecule has 29 heavy (non-hydrogen) atoms. The molecule has 0 radical (unpaired) electrons. The highest BCUT2D eigenvalue weighted by Crippen LogP contribution is 2.33. The second-order valence-corrected chi connectivity index (χ2v) is 9.09. The van der Waals surface area contributed by atoms with Crippen molar-refractivity contribution in [2.24, 2.45) is 0 Å². The number of benzene rings is 2. The standard InChI is InChI=1S/C24H21N3S2/c1-3-8-17(9-4-1)14-22-25-19(15-28-22)16-29-24-20-12-7-13-21(20)26-23(27-24)18-10-5-2-6-11-18/h1-6,8-11,15H,7,12-14,16H2. The number of nitrogens with zero attached hydrogens (tertiary/aromatic N) is 3. The number of fused-ring (bicyclic) bond motifs is 1. The van der Waals surface area contributed by atoms with Crippen LogP contribution in [0.5, 0.6) is 0 Å². The van der Waals surface area contributed by atoms with Gasteiger partial charge in [0.15, 0.2) is 5.82 Å². The van der Waals surface area contributed by atoms with Crippen LogP contribution in [0.15, 0.2) is 71.1 Å². The van der Waals surface area contributed by atoms with Crippen molar-refractivity contribution in [3.8, 4) is 11.4 Å². The molecular formula is C24H21N3S2. The van der Waals surface area contributed by atoms with E-state index in [0.717, 1.165) is 47.1 Å². The minimum Gasteiger partial charge on any atom is -0.245 e. The first-order chi connectivity index (χ1) is 14.3. The Hall–Kier alpha value is -2.50. The second-order valence-electron chi connectivity index (χ2n) is 7.18. The summed E-state index contributed by atoms with van der Waals surface area (Å²) in [7, 11) is 0. The Kier molecular flexibility index (Phi) is 5.41. The Morgan fingerprint density at radius 2 is 1.66 bits per heavy atom. The Bertz CT molecular complexity index is 1110. The molecule has 0 saturated heterocycles. The number of thiazole rings is 1. The van der Waals surface area contributed by atoms with E-state index in [4.69, 9.17) is 15.0 Å². The second kappa shape index (κ2) is 8.47. The van der Waals surface area contributed by atoms with Crippen LogP contribution in [0.1, 0.15) is 33.9 Å². The van der Waals surface area contributed by atoms with E-state index in [1.165, 1.54) is 28.2 Å². The van der Waals surface area contributed by atoms with Crippen LogP contribution in [-0.4, -0.2) is 15.0 Å². The first-order valence-corrected chi connectivity index (χ1v) is 11.8. The van der Waals surface area contributed by atoms with Crippen LogP contribution in [0.25, 0.3) is 11.4 Å². The molecule has 0 amide bonds. The fraction of sp³-hybridized carbons (Fsp3) is 0.208.